The van der Waals surface area contributed by atoms with E-state index in [1.165, 1.54) is 193 Å². The second kappa shape index (κ2) is 31.3. The molecule has 2 rings (SSSR count). The molecule has 0 bridgehead atoms. The molecule has 0 aromatic carbocycles. The predicted octanol–water partition coefficient (Wildman–Crippen LogP) is 12.6. The van der Waals surface area contributed by atoms with Gasteiger partial charge in [0, 0.05) is 26.4 Å². The summed E-state index contributed by atoms with van der Waals surface area (Å²) in [7, 11) is 0. The summed E-state index contributed by atoms with van der Waals surface area (Å²) < 4.78 is 16.9. The predicted molar refractivity (Wildman–Crippen MR) is 187 cm³/mol. The molecular weight excluding hydrogens is 528 g/mol. The average molecular weight is 603 g/mol. The van der Waals surface area contributed by atoms with E-state index in [1.807, 2.05) is 0 Å². The Kier molecular flexibility index (Phi) is 28.1. The van der Waals surface area contributed by atoms with Crippen molar-refractivity contribution in [1.82, 2.24) is 0 Å². The van der Waals surface area contributed by atoms with Crippen LogP contribution in [0.25, 0.3) is 0 Å². The van der Waals surface area contributed by atoms with Gasteiger partial charge in [-0.1, -0.05) is 127 Å². The Morgan fingerprint density at radius 2 is 0.651 bits per heavy atom. The molecule has 3 heteroatoms. The van der Waals surface area contributed by atoms with Gasteiger partial charge in [0.2, 0.25) is 0 Å². The first kappa shape index (κ1) is 38.5. The maximum atomic E-state index is 5.88. The van der Waals surface area contributed by atoms with Gasteiger partial charge >= 0.3 is 0 Å². The van der Waals surface area contributed by atoms with Gasteiger partial charge in [-0.05, 0) is 89.9 Å². The molecule has 2 unspecified atom stereocenters. The summed E-state index contributed by atoms with van der Waals surface area (Å²) in [6, 6.07) is 0. The highest BCUT2D eigenvalue weighted by Gasteiger charge is 2.17. The lowest BCUT2D eigenvalue weighted by molar-refractivity contribution is -0.0557. The molecule has 43 heavy (non-hydrogen) atoms. The van der Waals surface area contributed by atoms with E-state index in [9.17, 15) is 0 Å². The lowest BCUT2D eigenvalue weighted by Crippen LogP contribution is -2.26. The summed E-state index contributed by atoms with van der Waals surface area (Å²) >= 11 is 0. The van der Waals surface area contributed by atoms with Gasteiger partial charge in [-0.3, -0.25) is 0 Å². The summed E-state index contributed by atoms with van der Waals surface area (Å²) in [5, 5.41) is 0. The average Bonchev–Trinajstić information content (AvgIpc) is 2.97. The lowest BCUT2D eigenvalue weighted by atomic mass is 10.0. The maximum absolute atomic E-state index is 5.88. The zero-order valence-corrected chi connectivity index (χ0v) is 28.7. The van der Waals surface area contributed by atoms with E-state index >= 15 is 0 Å². The van der Waals surface area contributed by atoms with Gasteiger partial charge in [0.05, 0.1) is 12.2 Å². The third-order valence-corrected chi connectivity index (χ3v) is 9.53. The van der Waals surface area contributed by atoms with Crippen molar-refractivity contribution >= 4 is 0 Å². The van der Waals surface area contributed by atoms with Crippen LogP contribution in [0.5, 0.6) is 0 Å². The highest BCUT2D eigenvalue weighted by atomic mass is 16.5. The van der Waals surface area contributed by atoms with E-state index in [0.717, 1.165) is 26.4 Å². The molecule has 2 atom stereocenters. The third-order valence-electron chi connectivity index (χ3n) is 9.53. The van der Waals surface area contributed by atoms with Crippen molar-refractivity contribution in [2.75, 3.05) is 26.4 Å². The van der Waals surface area contributed by atoms with Crippen molar-refractivity contribution in [3.05, 3.63) is 24.3 Å². The standard InChI is InChI=1S/C40H74O3/c1(3-7-11-15-19-23-27-31-39-33-37-42-39)5-9-13-17-21-25-29-35-41-36-30-26-22-18-14-10-6-2-4-8-12-16-20-24-28-32-40-34-38-43-40/h1-4,39-40H,5-38H2/b3-1-,4-2-. The topological polar surface area (TPSA) is 27.7 Å². The summed E-state index contributed by atoms with van der Waals surface area (Å²) in [5.74, 6) is 0. The molecule has 2 saturated heterocycles. The molecule has 252 valence electrons. The normalized spacial score (nSPS) is 18.5. The summed E-state index contributed by atoms with van der Waals surface area (Å²) in [4.78, 5) is 0. The van der Waals surface area contributed by atoms with E-state index in [0.29, 0.717) is 12.2 Å². The minimum atomic E-state index is 0.609. The van der Waals surface area contributed by atoms with E-state index in [-0.39, 0.29) is 0 Å². The van der Waals surface area contributed by atoms with Crippen LogP contribution in [0.4, 0.5) is 0 Å². The molecular formula is C40H74O3. The second-order valence-corrected chi connectivity index (χ2v) is 13.6. The Bertz CT molecular complexity index is 555. The smallest absolute Gasteiger partial charge is 0.0597 e. The maximum Gasteiger partial charge on any atom is 0.0597 e. The van der Waals surface area contributed by atoms with E-state index in [1.54, 1.807) is 0 Å². The fourth-order valence-electron chi connectivity index (χ4n) is 6.27. The number of hydrogen-bond acceptors (Lipinski definition) is 3. The molecule has 0 radical (unpaired) electrons. The van der Waals surface area contributed by atoms with E-state index in [2.05, 4.69) is 24.3 Å². The van der Waals surface area contributed by atoms with E-state index in [4.69, 9.17) is 14.2 Å². The molecule has 0 spiro atoms. The third kappa shape index (κ3) is 26.3. The fraction of sp³-hybridized carbons (Fsp3) is 0.900. The first-order chi connectivity index (χ1) is 21.4. The Morgan fingerprint density at radius 3 is 0.953 bits per heavy atom. The minimum Gasteiger partial charge on any atom is -0.381 e. The molecule has 2 aliphatic heterocycles. The monoisotopic (exact) mass is 603 g/mol. The summed E-state index contributed by atoms with van der Waals surface area (Å²) in [5.41, 5.74) is 0. The zero-order valence-electron chi connectivity index (χ0n) is 28.7. The molecule has 0 saturated carbocycles. The molecule has 0 aromatic rings. The highest BCUT2D eigenvalue weighted by Crippen LogP contribution is 2.20. The van der Waals surface area contributed by atoms with Crippen molar-refractivity contribution in [2.45, 2.75) is 205 Å². The Morgan fingerprint density at radius 1 is 0.372 bits per heavy atom. The SMILES string of the molecule is C(=C/CCCCCCCC1CCO1)/CCCCCCCCOCCCCCCCC/C=C\CCCCCCCC1CCO1. The quantitative estimate of drug-likeness (QED) is 0.0541. The highest BCUT2D eigenvalue weighted by molar-refractivity contribution is 4.82. The molecule has 2 aliphatic rings. The van der Waals surface area contributed by atoms with Crippen LogP contribution in [0, 0.1) is 0 Å². The van der Waals surface area contributed by atoms with Crippen LogP contribution in [0.2, 0.25) is 0 Å². The van der Waals surface area contributed by atoms with Crippen LogP contribution in [0.15, 0.2) is 24.3 Å². The Balaban J connectivity index is 1.13. The van der Waals surface area contributed by atoms with Gasteiger partial charge in [0.25, 0.3) is 0 Å². The van der Waals surface area contributed by atoms with Crippen molar-refractivity contribution < 1.29 is 14.2 Å². The molecule has 0 amide bonds. The van der Waals surface area contributed by atoms with Gasteiger partial charge < -0.3 is 14.2 Å². The Hall–Kier alpha value is -0.640. The second-order valence-electron chi connectivity index (χ2n) is 13.6. The first-order valence-electron chi connectivity index (χ1n) is 19.6. The van der Waals surface area contributed by atoms with Crippen LogP contribution >= 0.6 is 0 Å². The van der Waals surface area contributed by atoms with Gasteiger partial charge in [-0.2, -0.15) is 0 Å². The molecule has 2 fully saturated rings. The number of ether oxygens (including phenoxy) is 3. The Labute approximate surface area is 269 Å². The minimum absolute atomic E-state index is 0.609. The molecule has 2 heterocycles. The zero-order chi connectivity index (χ0) is 30.1. The van der Waals surface area contributed by atoms with Gasteiger partial charge in [0.15, 0.2) is 0 Å². The van der Waals surface area contributed by atoms with Crippen molar-refractivity contribution in [3.63, 3.8) is 0 Å². The number of allylic oxidation sites excluding steroid dienone is 4. The van der Waals surface area contributed by atoms with Crippen LogP contribution < -0.4 is 0 Å². The van der Waals surface area contributed by atoms with Crippen molar-refractivity contribution in [3.8, 4) is 0 Å². The molecule has 0 aromatic heterocycles. The summed E-state index contributed by atoms with van der Waals surface area (Å²) in [6.45, 7) is 3.95. The van der Waals surface area contributed by atoms with Gasteiger partial charge in [0.1, 0.15) is 0 Å². The van der Waals surface area contributed by atoms with Gasteiger partial charge in [-0.15, -0.1) is 0 Å². The lowest BCUT2D eigenvalue weighted by Gasteiger charge is -2.26. The fourth-order valence-corrected chi connectivity index (χ4v) is 6.27. The molecule has 0 aliphatic carbocycles. The van der Waals surface area contributed by atoms with E-state index < -0.39 is 0 Å². The van der Waals surface area contributed by atoms with Crippen LogP contribution in [-0.2, 0) is 14.2 Å². The number of hydrogen-bond donors (Lipinski definition) is 0. The largest absolute Gasteiger partial charge is 0.381 e. The first-order valence-corrected chi connectivity index (χ1v) is 19.6. The molecule has 3 nitrogen and oxygen atoms in total. The van der Waals surface area contributed by atoms with Crippen molar-refractivity contribution in [1.29, 1.82) is 0 Å². The summed E-state index contributed by atoms with van der Waals surface area (Å²) in [6.07, 6.45) is 51.4. The van der Waals surface area contributed by atoms with Crippen LogP contribution in [-0.4, -0.2) is 38.6 Å². The molecule has 0 N–H and O–H groups in total. The number of rotatable bonds is 34. The van der Waals surface area contributed by atoms with Crippen LogP contribution in [0.3, 0.4) is 0 Å². The van der Waals surface area contributed by atoms with Gasteiger partial charge in [-0.25, -0.2) is 0 Å². The van der Waals surface area contributed by atoms with Crippen LogP contribution in [0.1, 0.15) is 193 Å². The number of unbranched alkanes of at least 4 members (excludes halogenated alkanes) is 22. The van der Waals surface area contributed by atoms with Crippen molar-refractivity contribution in [2.24, 2.45) is 0 Å².